The van der Waals surface area contributed by atoms with E-state index in [1.807, 2.05) is 20.1 Å². The molecule has 8 N–H and O–H groups in total. The maximum absolute atomic E-state index is 13.1. The van der Waals surface area contributed by atoms with Crippen LogP contribution in [0.1, 0.15) is 87.3 Å². The van der Waals surface area contributed by atoms with Crippen molar-refractivity contribution in [2.24, 2.45) is 11.7 Å². The Morgan fingerprint density at radius 2 is 1.57 bits per heavy atom. The number of phenolic OH excluding ortho intramolecular Hbond substituents is 1. The average molecular weight is 664 g/mol. The van der Waals surface area contributed by atoms with Crippen LogP contribution in [0.2, 0.25) is 0 Å². The summed E-state index contributed by atoms with van der Waals surface area (Å²) in [6.07, 6.45) is 10.2. The number of carboxylic acid groups (broad SMARTS) is 1. The Balaban J connectivity index is 1.95. The Kier molecular flexibility index (Phi) is 17.5. The number of phenols is 1. The molecule has 12 nitrogen and oxygen atoms in total. The molecule has 3 atom stereocenters. The van der Waals surface area contributed by atoms with Gasteiger partial charge in [0.15, 0.2) is 0 Å². The van der Waals surface area contributed by atoms with Gasteiger partial charge in [-0.25, -0.2) is 0 Å². The zero-order chi connectivity index (χ0) is 34.1. The van der Waals surface area contributed by atoms with Gasteiger partial charge in [-0.15, -0.1) is 0 Å². The normalized spacial score (nSPS) is 15.3. The third-order valence-electron chi connectivity index (χ3n) is 8.42. The summed E-state index contributed by atoms with van der Waals surface area (Å²) in [6.45, 7) is 3.70. The van der Waals surface area contributed by atoms with Gasteiger partial charge in [0, 0.05) is 13.0 Å². The van der Waals surface area contributed by atoms with Crippen molar-refractivity contribution in [3.05, 3.63) is 28.8 Å². The summed E-state index contributed by atoms with van der Waals surface area (Å²) in [6, 6.07) is 0.653. The quantitative estimate of drug-likeness (QED) is 0.102. The van der Waals surface area contributed by atoms with E-state index in [9.17, 15) is 29.1 Å². The largest absolute Gasteiger partial charge is 0.508 e. The molecule has 1 saturated carbocycles. The van der Waals surface area contributed by atoms with E-state index in [2.05, 4.69) is 21.3 Å². The number of hydrogen-bond acceptors (Lipinski definition) is 8. The van der Waals surface area contributed by atoms with Crippen LogP contribution in [-0.4, -0.2) is 83.0 Å². The van der Waals surface area contributed by atoms with Crippen molar-refractivity contribution < 1.29 is 34.2 Å². The fraction of sp³-hybridized carbons (Fsp3) is 0.667. The van der Waals surface area contributed by atoms with Gasteiger partial charge in [0.05, 0.1) is 12.6 Å². The summed E-state index contributed by atoms with van der Waals surface area (Å²) in [5.74, 6) is -1.60. The molecule has 0 saturated heterocycles. The molecule has 0 spiro atoms. The Hall–Kier alpha value is -3.32. The fourth-order valence-electron chi connectivity index (χ4n) is 5.82. The number of unbranched alkanes of at least 4 members (excludes halogenated alkanes) is 2. The van der Waals surface area contributed by atoms with Crippen molar-refractivity contribution in [3.8, 4) is 5.75 Å². The molecule has 1 aliphatic rings. The summed E-state index contributed by atoms with van der Waals surface area (Å²) >= 11 is 1.52. The van der Waals surface area contributed by atoms with Crippen LogP contribution in [0.15, 0.2) is 12.1 Å². The second kappa shape index (κ2) is 20.7. The molecular formula is C33H53N5O7S. The number of carbonyl (C=O) groups excluding carboxylic acids is 4. The van der Waals surface area contributed by atoms with Gasteiger partial charge in [-0.2, -0.15) is 11.8 Å². The molecule has 0 bridgehead atoms. The van der Waals surface area contributed by atoms with Crippen molar-refractivity contribution in [1.29, 1.82) is 0 Å². The molecule has 0 unspecified atom stereocenters. The predicted molar refractivity (Wildman–Crippen MR) is 179 cm³/mol. The maximum Gasteiger partial charge on any atom is 0.303 e. The summed E-state index contributed by atoms with van der Waals surface area (Å²) in [5, 5.41) is 29.6. The van der Waals surface area contributed by atoms with Crippen LogP contribution >= 0.6 is 11.8 Å². The lowest BCUT2D eigenvalue weighted by Gasteiger charge is -2.27. The van der Waals surface area contributed by atoms with E-state index in [1.54, 1.807) is 12.1 Å². The van der Waals surface area contributed by atoms with Gasteiger partial charge in [0.2, 0.25) is 23.6 Å². The van der Waals surface area contributed by atoms with Gasteiger partial charge in [-0.3, -0.25) is 24.0 Å². The molecule has 1 aromatic carbocycles. The van der Waals surface area contributed by atoms with E-state index in [0.29, 0.717) is 50.3 Å². The van der Waals surface area contributed by atoms with Crippen LogP contribution in [0.3, 0.4) is 0 Å². The lowest BCUT2D eigenvalue weighted by molar-refractivity contribution is -0.137. The van der Waals surface area contributed by atoms with Gasteiger partial charge in [-0.1, -0.05) is 38.5 Å². The number of carboxylic acids is 1. The molecular weight excluding hydrogens is 610 g/mol. The molecule has 258 valence electrons. The number of benzene rings is 1. The number of aromatic hydroxyl groups is 1. The number of aryl methyl sites for hydroxylation is 2. The zero-order valence-electron chi connectivity index (χ0n) is 27.5. The summed E-state index contributed by atoms with van der Waals surface area (Å²) in [7, 11) is 0. The first kappa shape index (κ1) is 38.9. The number of carbonyl (C=O) groups is 5. The second-order valence-corrected chi connectivity index (χ2v) is 13.3. The molecule has 0 radical (unpaired) electrons. The summed E-state index contributed by atoms with van der Waals surface area (Å²) in [5.41, 5.74) is 8.70. The number of hydrogen-bond donors (Lipinski definition) is 7. The van der Waals surface area contributed by atoms with Gasteiger partial charge < -0.3 is 37.2 Å². The number of rotatable bonds is 20. The number of nitrogens with two attached hydrogens (primary N) is 1. The molecule has 2 rings (SSSR count). The van der Waals surface area contributed by atoms with Gasteiger partial charge >= 0.3 is 5.97 Å². The maximum atomic E-state index is 13.1. The van der Waals surface area contributed by atoms with E-state index in [-0.39, 0.29) is 31.0 Å². The third kappa shape index (κ3) is 14.4. The Labute approximate surface area is 276 Å². The van der Waals surface area contributed by atoms with Crippen molar-refractivity contribution >= 4 is 41.4 Å². The van der Waals surface area contributed by atoms with Crippen LogP contribution in [0.5, 0.6) is 5.75 Å². The van der Waals surface area contributed by atoms with Crippen molar-refractivity contribution in [1.82, 2.24) is 21.3 Å². The molecule has 0 heterocycles. The highest BCUT2D eigenvalue weighted by molar-refractivity contribution is 7.98. The highest BCUT2D eigenvalue weighted by atomic mass is 32.2. The van der Waals surface area contributed by atoms with Crippen molar-refractivity contribution in [2.75, 3.05) is 25.1 Å². The average Bonchev–Trinajstić information content (AvgIpc) is 3.01. The van der Waals surface area contributed by atoms with Crippen LogP contribution in [0.25, 0.3) is 0 Å². The standard InChI is InChI=1S/C33H53N5O7S/c1-21-16-24(39)17-22(2)25(21)19-26(34)31(43)38-27(13-15-46-3)32(44)36-20-29(40)37-28(18-23-10-6-4-7-11-23)33(45)35-14-9-5-8-12-30(41)42/h16-17,23,26-28,39H,4-15,18-20,34H2,1-3H3,(H,35,45)(H,36,44)(H,37,40)(H,38,43)(H,41,42)/t26-,27-,28+/m1/s1. The minimum absolute atomic E-state index is 0.0911. The topological polar surface area (TPSA) is 200 Å². The highest BCUT2D eigenvalue weighted by Gasteiger charge is 2.28. The number of thioether (sulfide) groups is 1. The van der Waals surface area contributed by atoms with Crippen molar-refractivity contribution in [3.63, 3.8) is 0 Å². The van der Waals surface area contributed by atoms with Crippen LogP contribution < -0.4 is 27.0 Å². The fourth-order valence-corrected chi connectivity index (χ4v) is 6.30. The van der Waals surface area contributed by atoms with E-state index in [0.717, 1.165) is 48.8 Å². The molecule has 13 heteroatoms. The van der Waals surface area contributed by atoms with E-state index >= 15 is 0 Å². The van der Waals surface area contributed by atoms with Gasteiger partial charge in [0.1, 0.15) is 17.8 Å². The molecule has 4 amide bonds. The molecule has 46 heavy (non-hydrogen) atoms. The van der Waals surface area contributed by atoms with Crippen LogP contribution in [0.4, 0.5) is 0 Å². The molecule has 0 aromatic heterocycles. The Morgan fingerprint density at radius 3 is 2.20 bits per heavy atom. The number of aliphatic carboxylic acids is 1. The molecule has 1 aromatic rings. The van der Waals surface area contributed by atoms with E-state index < -0.39 is 41.8 Å². The summed E-state index contributed by atoms with van der Waals surface area (Å²) in [4.78, 5) is 62.8. The Bertz CT molecular complexity index is 1150. The first-order valence-corrected chi connectivity index (χ1v) is 17.7. The van der Waals surface area contributed by atoms with Gasteiger partial charge in [-0.05, 0) is 92.7 Å². The van der Waals surface area contributed by atoms with Gasteiger partial charge in [0.25, 0.3) is 0 Å². The Morgan fingerprint density at radius 1 is 0.913 bits per heavy atom. The first-order valence-electron chi connectivity index (χ1n) is 16.3. The predicted octanol–water partition coefficient (Wildman–Crippen LogP) is 2.45. The lowest BCUT2D eigenvalue weighted by Crippen LogP contribution is -2.54. The van der Waals surface area contributed by atoms with E-state index in [1.165, 1.54) is 11.8 Å². The monoisotopic (exact) mass is 663 g/mol. The highest BCUT2D eigenvalue weighted by Crippen LogP contribution is 2.27. The van der Waals surface area contributed by atoms with E-state index in [4.69, 9.17) is 10.8 Å². The summed E-state index contributed by atoms with van der Waals surface area (Å²) < 4.78 is 0. The first-order chi connectivity index (χ1) is 21.9. The minimum atomic E-state index is -0.925. The molecule has 0 aliphatic heterocycles. The van der Waals surface area contributed by atoms with Crippen LogP contribution in [-0.2, 0) is 30.4 Å². The zero-order valence-corrected chi connectivity index (χ0v) is 28.3. The smallest absolute Gasteiger partial charge is 0.303 e. The lowest BCUT2D eigenvalue weighted by atomic mass is 9.84. The van der Waals surface area contributed by atoms with Crippen LogP contribution in [0, 0.1) is 19.8 Å². The van der Waals surface area contributed by atoms with Crippen molar-refractivity contribution in [2.45, 2.75) is 109 Å². The molecule has 1 fully saturated rings. The molecule has 1 aliphatic carbocycles. The second-order valence-electron chi connectivity index (χ2n) is 12.3. The minimum Gasteiger partial charge on any atom is -0.508 e. The SMILES string of the molecule is CSCC[C@@H](NC(=O)[C@H](N)Cc1c(C)cc(O)cc1C)C(=O)NCC(=O)N[C@@H](CC1CCCCC1)C(=O)NCCCCCC(=O)O. The number of nitrogens with one attached hydrogen (secondary N) is 4. The number of amides is 4. The third-order valence-corrected chi connectivity index (χ3v) is 9.06.